The van der Waals surface area contributed by atoms with Crippen LogP contribution in [0.4, 0.5) is 63.3 Å². The molecule has 7 heterocycles. The molecule has 0 bridgehead atoms. The number of nitrogens with one attached hydrogen (secondary N) is 5. The van der Waals surface area contributed by atoms with Gasteiger partial charge in [-0.15, -0.1) is 0 Å². The lowest BCUT2D eigenvalue weighted by Gasteiger charge is -2.28. The molecule has 1 saturated heterocycles. The van der Waals surface area contributed by atoms with Crippen LogP contribution in [0.15, 0.2) is 201 Å². The smallest absolute Gasteiger partial charge is 0.253 e. The third-order valence-electron chi connectivity index (χ3n) is 16.0. The van der Waals surface area contributed by atoms with E-state index in [2.05, 4.69) is 73.5 Å². The number of aryl methyl sites for hydroxylation is 1. The van der Waals surface area contributed by atoms with Gasteiger partial charge in [-0.3, -0.25) is 14.4 Å². The predicted molar refractivity (Wildman–Crippen MR) is 394 cm³/mol. The number of rotatable bonds is 19. The zero-order valence-corrected chi connectivity index (χ0v) is 56.0. The predicted octanol–water partition coefficient (Wildman–Crippen LogP) is 14.4. The highest BCUT2D eigenvalue weighted by molar-refractivity contribution is 6.34. The van der Waals surface area contributed by atoms with E-state index in [0.29, 0.717) is 92.6 Å². The maximum Gasteiger partial charge on any atom is 0.253 e. The van der Waals surface area contributed by atoms with Crippen molar-refractivity contribution in [2.24, 2.45) is 0 Å². The summed E-state index contributed by atoms with van der Waals surface area (Å²) in [6.45, 7) is 4.01. The molecule has 21 nitrogen and oxygen atoms in total. The second kappa shape index (κ2) is 31.9. The fraction of sp³-hybridized carbons (Fsp3) is 0.149. The Morgan fingerprint density at radius 3 is 1.33 bits per heavy atom. The van der Waals surface area contributed by atoms with Gasteiger partial charge in [0.25, 0.3) is 11.8 Å². The summed E-state index contributed by atoms with van der Waals surface area (Å²) in [4.78, 5) is 67.5. The normalized spacial score (nSPS) is 11.8. The van der Waals surface area contributed by atoms with Crippen LogP contribution in [-0.4, -0.2) is 95.0 Å². The number of Topliss-reactive ketones (excluding diaryl/α,β-unsaturated/α-hetero) is 1. The lowest BCUT2D eigenvalue weighted by molar-refractivity contribution is 0.0942. The molecule has 0 radical (unpaired) electrons. The van der Waals surface area contributed by atoms with Crippen molar-refractivity contribution in [3.63, 3.8) is 0 Å². The Balaban J connectivity index is 0.000000149. The molecule has 12 aromatic rings. The Morgan fingerprint density at radius 2 is 0.898 bits per heavy atom. The Labute approximate surface area is 580 Å². The maximum absolute atomic E-state index is 12.8. The summed E-state index contributed by atoms with van der Waals surface area (Å²) in [6, 6.07) is 51.5. The summed E-state index contributed by atoms with van der Waals surface area (Å²) in [5.41, 5.74) is 26.7. The van der Waals surface area contributed by atoms with E-state index in [1.54, 1.807) is 50.1 Å². The molecule has 24 heteroatoms. The van der Waals surface area contributed by atoms with Crippen molar-refractivity contribution in [3.8, 4) is 5.75 Å². The van der Waals surface area contributed by atoms with Gasteiger partial charge in [0.2, 0.25) is 0 Å². The monoisotopic (exact) mass is 1370 g/mol. The number of hydrogen-bond acceptors (Lipinski definition) is 19. The second-order valence-electron chi connectivity index (χ2n) is 22.9. The first-order valence-corrected chi connectivity index (χ1v) is 32.2. The molecule has 0 unspecified atom stereocenters. The van der Waals surface area contributed by atoms with E-state index in [1.165, 1.54) is 12.4 Å². The Bertz CT molecular complexity index is 4830. The summed E-state index contributed by atoms with van der Waals surface area (Å²) in [7, 11) is 5.58. The van der Waals surface area contributed by atoms with Crippen molar-refractivity contribution in [1.29, 1.82) is 0 Å². The van der Waals surface area contributed by atoms with E-state index in [9.17, 15) is 14.4 Å². The number of carbonyl (C=O) groups excluding carboxylic acids is 3. The van der Waals surface area contributed by atoms with Crippen LogP contribution >= 0.6 is 34.8 Å². The van der Waals surface area contributed by atoms with Gasteiger partial charge in [0.05, 0.1) is 46.5 Å². The molecule has 6 aromatic carbocycles. The van der Waals surface area contributed by atoms with Crippen molar-refractivity contribution < 1.29 is 23.9 Å². The first-order chi connectivity index (χ1) is 47.5. The average molecular weight is 1370 g/mol. The number of morpholine rings is 1. The molecule has 0 saturated carbocycles. The number of nitrogen functional groups attached to an aromatic ring is 3. The molecule has 13 rings (SSSR count). The van der Waals surface area contributed by atoms with E-state index >= 15 is 0 Å². The fourth-order valence-corrected chi connectivity index (χ4v) is 11.2. The summed E-state index contributed by atoms with van der Waals surface area (Å²) >= 11 is 19.2. The van der Waals surface area contributed by atoms with Gasteiger partial charge >= 0.3 is 0 Å². The molecular weight excluding hydrogens is 1300 g/mol. The van der Waals surface area contributed by atoms with E-state index in [-0.39, 0.29) is 17.6 Å². The maximum atomic E-state index is 12.8. The van der Waals surface area contributed by atoms with Gasteiger partial charge in [0.1, 0.15) is 40.7 Å². The highest BCUT2D eigenvalue weighted by atomic mass is 35.5. The number of fused-ring (bicyclic) bond motifs is 3. The molecule has 0 atom stereocenters. The van der Waals surface area contributed by atoms with E-state index in [1.807, 2.05) is 152 Å². The third-order valence-corrected chi connectivity index (χ3v) is 16.9. The van der Waals surface area contributed by atoms with Gasteiger partial charge in [-0.1, -0.05) is 77.3 Å². The second-order valence-corrected chi connectivity index (χ2v) is 24.1. The number of methoxy groups -OCH3 is 1. The van der Waals surface area contributed by atoms with Crippen LogP contribution in [0.25, 0.3) is 32.3 Å². The minimum Gasteiger partial charge on any atom is -0.497 e. The highest BCUT2D eigenvalue weighted by Crippen LogP contribution is 2.31. The van der Waals surface area contributed by atoms with Gasteiger partial charge in [0.15, 0.2) is 5.78 Å². The number of halogens is 3. The van der Waals surface area contributed by atoms with Crippen molar-refractivity contribution in [2.75, 3.05) is 90.5 Å². The van der Waals surface area contributed by atoms with Crippen LogP contribution in [0.3, 0.4) is 0 Å². The van der Waals surface area contributed by atoms with E-state index in [4.69, 9.17) is 61.5 Å². The molecule has 1 aliphatic heterocycles. The number of pyridine rings is 6. The number of amides is 2. The van der Waals surface area contributed by atoms with Gasteiger partial charge in [0, 0.05) is 134 Å². The van der Waals surface area contributed by atoms with Crippen LogP contribution in [-0.2, 0) is 24.2 Å². The van der Waals surface area contributed by atoms with Crippen LogP contribution in [0.1, 0.15) is 54.2 Å². The van der Waals surface area contributed by atoms with Crippen LogP contribution < -0.4 is 58.3 Å². The topological polar surface area (TPSA) is 292 Å². The molecule has 0 aliphatic carbocycles. The molecule has 0 spiro atoms. The Morgan fingerprint density at radius 1 is 0.500 bits per heavy atom. The lowest BCUT2D eigenvalue weighted by atomic mass is 10.0. The number of aromatic nitrogens is 6. The standard InChI is InChI=1S/C27H26ClN5O2.C24H23ClN6O.C23H20ClN5O2/c28-24-16-20(25(34)8-2-18-1-7-23-19(15-18)9-10-30-26(23)29)17-31-27(24)32-21-3-5-22(6-4-21)33-11-13-35-14-12-33;1-31(2)19-6-4-18(5-7-19)30-23-21(25)12-17(14-28-23)24(32)29-13-15-3-8-20-16(11-15)9-10-27-22(20)26;1-31-18-5-3-17(4-6-18)29-22-20(24)11-16(13-27-22)23(30)28-12-14-2-7-19-15(10-14)8-9-26-21(19)25/h1,3-7,9-10,15-17H,2,8,11-14H2,(H2,29,30)(H,31,32);3-12,14H,13H2,1-2H3,(H2,26,27)(H,28,30)(H,29,32);2-11,13H,12H2,1H3,(H2,25,26)(H,27,29)(H,28,30). The largest absolute Gasteiger partial charge is 0.497 e. The number of nitrogens with zero attached hydrogens (tertiary/aromatic N) is 8. The van der Waals surface area contributed by atoms with Gasteiger partial charge < -0.3 is 63.1 Å². The molecule has 496 valence electrons. The SMILES string of the molecule is CN(C)c1ccc(Nc2ncc(C(=O)NCc3ccc4c(N)nccc4c3)cc2Cl)cc1.COc1ccc(Nc2ncc(C(=O)NCc3ccc4c(N)nccc4c3)cc2Cl)cc1.Nc1nccc2cc(CCC(=O)c3cnc(Nc4ccc(N5CCOCC5)cc4)c(Cl)c3)ccc12. The fourth-order valence-electron chi connectivity index (χ4n) is 10.6. The number of ether oxygens (including phenoxy) is 2. The number of anilines is 11. The van der Waals surface area contributed by atoms with Crippen molar-refractivity contribution in [2.45, 2.75) is 25.9 Å². The minimum atomic E-state index is -0.264. The zero-order chi connectivity index (χ0) is 68.7. The van der Waals surface area contributed by atoms with Gasteiger partial charge in [-0.25, -0.2) is 29.9 Å². The van der Waals surface area contributed by atoms with Gasteiger partial charge in [-0.2, -0.15) is 0 Å². The minimum absolute atomic E-state index is 0.00449. The first-order valence-electron chi connectivity index (χ1n) is 31.1. The summed E-state index contributed by atoms with van der Waals surface area (Å²) in [6.07, 6.45) is 10.6. The van der Waals surface area contributed by atoms with Gasteiger partial charge in [-0.05, 0) is 161 Å². The summed E-state index contributed by atoms with van der Waals surface area (Å²) in [5.74, 6) is 3.17. The third kappa shape index (κ3) is 17.6. The van der Waals surface area contributed by atoms with Crippen molar-refractivity contribution in [1.82, 2.24) is 40.5 Å². The zero-order valence-electron chi connectivity index (χ0n) is 53.7. The Kier molecular flexibility index (Phi) is 22.2. The molecule has 1 aliphatic rings. The van der Waals surface area contributed by atoms with Crippen molar-refractivity contribution in [3.05, 3.63) is 249 Å². The van der Waals surface area contributed by atoms with Crippen LogP contribution in [0, 0.1) is 0 Å². The lowest BCUT2D eigenvalue weighted by Crippen LogP contribution is -2.36. The summed E-state index contributed by atoms with van der Waals surface area (Å²) < 4.78 is 10.6. The average Bonchev–Trinajstić information content (AvgIpc) is 0.855. The number of carbonyl (C=O) groups is 3. The number of nitrogens with two attached hydrogens (primary N) is 3. The molecule has 1 fully saturated rings. The number of hydrogen-bond donors (Lipinski definition) is 8. The molecule has 11 N–H and O–H groups in total. The summed E-state index contributed by atoms with van der Waals surface area (Å²) in [5, 5.41) is 22.1. The van der Waals surface area contributed by atoms with Crippen LogP contribution in [0.5, 0.6) is 5.75 Å². The van der Waals surface area contributed by atoms with Crippen LogP contribution in [0.2, 0.25) is 15.1 Å². The molecule has 98 heavy (non-hydrogen) atoms. The number of benzene rings is 6. The molecule has 2 amide bonds. The Hall–Kier alpha value is -11.4. The van der Waals surface area contributed by atoms with E-state index < -0.39 is 0 Å². The first kappa shape index (κ1) is 68.0. The molecule has 6 aromatic heterocycles. The molecular formula is C74H69Cl3N16O5. The quantitative estimate of drug-likeness (QED) is 0.0349. The number of ketones is 1. The van der Waals surface area contributed by atoms with E-state index in [0.717, 1.165) is 109 Å². The highest BCUT2D eigenvalue weighted by Gasteiger charge is 2.17. The van der Waals surface area contributed by atoms with Crippen molar-refractivity contribution >= 4 is 148 Å².